The van der Waals surface area contributed by atoms with E-state index in [1.807, 2.05) is 13.8 Å². The quantitative estimate of drug-likeness (QED) is 0.673. The summed E-state index contributed by atoms with van der Waals surface area (Å²) in [7, 11) is 2.73. The Morgan fingerprint density at radius 2 is 1.94 bits per heavy atom. The van der Waals surface area contributed by atoms with Crippen LogP contribution in [0.15, 0.2) is 18.3 Å². The third-order valence-electron chi connectivity index (χ3n) is 4.80. The number of rotatable bonds is 5. The highest BCUT2D eigenvalue weighted by atomic mass is 35.5. The Morgan fingerprint density at radius 1 is 1.28 bits per heavy atom. The van der Waals surface area contributed by atoms with E-state index >= 15 is 0 Å². The lowest BCUT2D eigenvalue weighted by atomic mass is 10.1. The maximum Gasteiger partial charge on any atom is 0.421 e. The van der Waals surface area contributed by atoms with Gasteiger partial charge in [0.15, 0.2) is 0 Å². The molecular weight excluding hydrogens is 451 g/mol. The van der Waals surface area contributed by atoms with Crippen LogP contribution >= 0.6 is 11.6 Å². The van der Waals surface area contributed by atoms with E-state index in [0.717, 1.165) is 0 Å². The molecule has 0 radical (unpaired) electrons. The molecule has 1 aliphatic heterocycles. The number of ether oxygens (including phenoxy) is 2. The predicted octanol–water partition coefficient (Wildman–Crippen LogP) is 4.19. The first-order valence-corrected chi connectivity index (χ1v) is 10.1. The van der Waals surface area contributed by atoms with Crippen molar-refractivity contribution in [1.82, 2.24) is 14.9 Å². The molecule has 8 nitrogen and oxygen atoms in total. The summed E-state index contributed by atoms with van der Waals surface area (Å²) in [6.45, 7) is 4.62. The zero-order valence-electron chi connectivity index (χ0n) is 17.9. The Bertz CT molecular complexity index is 995. The second-order valence-corrected chi connectivity index (χ2v) is 7.74. The fraction of sp³-hybridized carbons (Fsp3) is 0.450. The summed E-state index contributed by atoms with van der Waals surface area (Å²) < 4.78 is 50.2. The molecule has 174 valence electrons. The van der Waals surface area contributed by atoms with Crippen LogP contribution in [0.4, 0.5) is 30.6 Å². The molecule has 1 aliphatic rings. The molecule has 1 aromatic heterocycles. The number of hydrogen-bond acceptors (Lipinski definition) is 7. The van der Waals surface area contributed by atoms with Gasteiger partial charge in [-0.3, -0.25) is 4.79 Å². The average Bonchev–Trinajstić information content (AvgIpc) is 2.72. The number of methoxy groups -OCH3 is 1. The van der Waals surface area contributed by atoms with Gasteiger partial charge in [-0.15, -0.1) is 0 Å². The van der Waals surface area contributed by atoms with E-state index in [1.54, 1.807) is 4.90 Å². The summed E-state index contributed by atoms with van der Waals surface area (Å²) in [5, 5.41) is 5.33. The number of anilines is 3. The number of hydrogen-bond donors (Lipinski definition) is 2. The van der Waals surface area contributed by atoms with Crippen molar-refractivity contribution in [2.24, 2.45) is 0 Å². The van der Waals surface area contributed by atoms with Crippen LogP contribution in [-0.4, -0.2) is 60.2 Å². The fourth-order valence-corrected chi connectivity index (χ4v) is 3.67. The predicted molar refractivity (Wildman–Crippen MR) is 114 cm³/mol. The minimum atomic E-state index is -4.60. The summed E-state index contributed by atoms with van der Waals surface area (Å²) in [6, 6.07) is 2.92. The lowest BCUT2D eigenvalue weighted by molar-refractivity contribution is -0.137. The summed E-state index contributed by atoms with van der Waals surface area (Å²) in [5.74, 6) is -0.517. The molecule has 1 amide bonds. The second-order valence-electron chi connectivity index (χ2n) is 7.33. The summed E-state index contributed by atoms with van der Waals surface area (Å²) in [6.07, 6.45) is -4.15. The van der Waals surface area contributed by atoms with Gasteiger partial charge in [-0.25, -0.2) is 4.98 Å². The fourth-order valence-electron chi connectivity index (χ4n) is 3.46. The first-order chi connectivity index (χ1) is 15.0. The Labute approximate surface area is 188 Å². The van der Waals surface area contributed by atoms with Gasteiger partial charge < -0.3 is 25.0 Å². The number of benzene rings is 1. The molecule has 12 heteroatoms. The van der Waals surface area contributed by atoms with E-state index in [9.17, 15) is 18.0 Å². The Balaban J connectivity index is 1.89. The van der Waals surface area contributed by atoms with E-state index < -0.39 is 11.7 Å². The van der Waals surface area contributed by atoms with Gasteiger partial charge in [-0.2, -0.15) is 18.2 Å². The number of carbonyl (C=O) groups is 1. The number of aromatic nitrogens is 2. The summed E-state index contributed by atoms with van der Waals surface area (Å²) in [5.41, 5.74) is -0.469. The lowest BCUT2D eigenvalue weighted by Gasteiger charge is -2.35. The molecule has 2 N–H and O–H groups in total. The number of morpholine rings is 1. The van der Waals surface area contributed by atoms with Gasteiger partial charge in [-0.05, 0) is 19.9 Å². The van der Waals surface area contributed by atoms with Gasteiger partial charge in [0.1, 0.15) is 17.1 Å². The molecule has 1 saturated heterocycles. The molecule has 1 fully saturated rings. The normalized spacial score (nSPS) is 18.9. The molecular formula is C20H23ClF3N5O3. The van der Waals surface area contributed by atoms with Crippen LogP contribution in [-0.2, 0) is 10.9 Å². The topological polar surface area (TPSA) is 88.6 Å². The third kappa shape index (κ3) is 5.16. The van der Waals surface area contributed by atoms with Crippen LogP contribution < -0.4 is 15.4 Å². The van der Waals surface area contributed by atoms with Gasteiger partial charge in [0.05, 0.1) is 35.6 Å². The number of nitrogens with one attached hydrogen (secondary N) is 2. The van der Waals surface area contributed by atoms with Crippen molar-refractivity contribution in [2.75, 3.05) is 37.9 Å². The van der Waals surface area contributed by atoms with E-state index in [4.69, 9.17) is 21.1 Å². The molecule has 0 aliphatic carbocycles. The zero-order valence-corrected chi connectivity index (χ0v) is 18.6. The lowest BCUT2D eigenvalue weighted by Crippen LogP contribution is -2.48. The first-order valence-electron chi connectivity index (χ1n) is 9.74. The number of nitrogens with zero attached hydrogens (tertiary/aromatic N) is 3. The van der Waals surface area contributed by atoms with Crippen LogP contribution in [0.2, 0.25) is 5.02 Å². The molecule has 2 heterocycles. The zero-order chi connectivity index (χ0) is 23.6. The van der Waals surface area contributed by atoms with Gasteiger partial charge in [0.2, 0.25) is 5.95 Å². The van der Waals surface area contributed by atoms with Crippen LogP contribution in [0.1, 0.15) is 29.8 Å². The van der Waals surface area contributed by atoms with Crippen molar-refractivity contribution in [3.8, 4) is 5.75 Å². The van der Waals surface area contributed by atoms with Gasteiger partial charge in [0.25, 0.3) is 5.91 Å². The van der Waals surface area contributed by atoms with Crippen molar-refractivity contribution in [1.29, 1.82) is 0 Å². The summed E-state index contributed by atoms with van der Waals surface area (Å²) >= 11 is 6.36. The minimum Gasteiger partial charge on any atom is -0.496 e. The molecule has 2 atom stereocenters. The Kier molecular flexibility index (Phi) is 6.99. The number of carbonyl (C=O) groups excluding carboxylic acids is 1. The van der Waals surface area contributed by atoms with E-state index in [0.29, 0.717) is 19.3 Å². The largest absolute Gasteiger partial charge is 0.496 e. The number of amides is 1. The summed E-state index contributed by atoms with van der Waals surface area (Å²) in [4.78, 5) is 22.3. The van der Waals surface area contributed by atoms with Crippen LogP contribution in [0.5, 0.6) is 5.75 Å². The molecule has 1 aromatic carbocycles. The van der Waals surface area contributed by atoms with Gasteiger partial charge >= 0.3 is 6.18 Å². The third-order valence-corrected chi connectivity index (χ3v) is 5.12. The van der Waals surface area contributed by atoms with Crippen molar-refractivity contribution in [2.45, 2.75) is 32.2 Å². The van der Waals surface area contributed by atoms with Crippen LogP contribution in [0, 0.1) is 0 Å². The SMILES string of the molecule is CNc1nc(Nc2cc(OC)c(C(=O)N3CC(C)OC(C)C3)cc2Cl)ncc1C(F)(F)F. The average molecular weight is 474 g/mol. The van der Waals surface area contributed by atoms with Crippen LogP contribution in [0.3, 0.4) is 0 Å². The van der Waals surface area contributed by atoms with Gasteiger partial charge in [-0.1, -0.05) is 11.6 Å². The number of halogens is 4. The molecule has 0 bridgehead atoms. The van der Waals surface area contributed by atoms with Gasteiger partial charge in [0, 0.05) is 32.4 Å². The van der Waals surface area contributed by atoms with E-state index in [2.05, 4.69) is 20.6 Å². The first kappa shape index (κ1) is 23.9. The van der Waals surface area contributed by atoms with E-state index in [1.165, 1.54) is 26.3 Å². The standard InChI is InChI=1S/C20H23ClF3N5O3/c1-10-8-29(9-11(2)32-10)18(30)12-5-14(21)15(6-16(12)31-4)27-19-26-7-13(20(22,23)24)17(25-3)28-19/h5-7,10-11H,8-9H2,1-4H3,(H2,25,26,27,28). The molecule has 0 spiro atoms. The second kappa shape index (κ2) is 9.37. The highest BCUT2D eigenvalue weighted by Crippen LogP contribution is 2.36. The van der Waals surface area contributed by atoms with Crippen molar-refractivity contribution < 1.29 is 27.4 Å². The van der Waals surface area contributed by atoms with E-state index in [-0.39, 0.29) is 51.9 Å². The van der Waals surface area contributed by atoms with Crippen molar-refractivity contribution >= 4 is 35.0 Å². The maximum atomic E-state index is 13.1. The highest BCUT2D eigenvalue weighted by molar-refractivity contribution is 6.33. The van der Waals surface area contributed by atoms with Crippen molar-refractivity contribution in [3.63, 3.8) is 0 Å². The molecule has 32 heavy (non-hydrogen) atoms. The maximum absolute atomic E-state index is 13.1. The molecule has 0 saturated carbocycles. The molecule has 2 aromatic rings. The monoisotopic (exact) mass is 473 g/mol. The minimum absolute atomic E-state index is 0.108. The molecule has 3 rings (SSSR count). The Morgan fingerprint density at radius 3 is 2.50 bits per heavy atom. The molecule has 2 unspecified atom stereocenters. The smallest absolute Gasteiger partial charge is 0.421 e. The van der Waals surface area contributed by atoms with Crippen molar-refractivity contribution in [3.05, 3.63) is 34.5 Å². The number of alkyl halides is 3. The Hall–Kier alpha value is -2.79. The van der Waals surface area contributed by atoms with Crippen LogP contribution in [0.25, 0.3) is 0 Å². The highest BCUT2D eigenvalue weighted by Gasteiger charge is 2.35.